The largest absolute Gasteiger partial charge is 0.392 e. The molecule has 0 bridgehead atoms. The van der Waals surface area contributed by atoms with E-state index in [9.17, 15) is 5.11 Å². The van der Waals surface area contributed by atoms with E-state index in [0.717, 1.165) is 6.54 Å². The number of hydrogen-bond donors (Lipinski definition) is 2. The fourth-order valence-corrected chi connectivity index (χ4v) is 2.83. The van der Waals surface area contributed by atoms with Gasteiger partial charge in [0.2, 0.25) is 0 Å². The van der Waals surface area contributed by atoms with Gasteiger partial charge in [0.25, 0.3) is 0 Å². The van der Waals surface area contributed by atoms with E-state index in [1.165, 1.54) is 58.2 Å². The summed E-state index contributed by atoms with van der Waals surface area (Å²) in [7, 11) is 0. The third kappa shape index (κ3) is 4.57. The third-order valence-electron chi connectivity index (χ3n) is 4.14. The van der Waals surface area contributed by atoms with E-state index in [4.69, 9.17) is 0 Å². The first-order valence-corrected chi connectivity index (χ1v) is 7.43. The van der Waals surface area contributed by atoms with Crippen LogP contribution >= 0.6 is 0 Å². The Balaban J connectivity index is 1.63. The Bertz CT molecular complexity index is 218. The number of nitrogens with zero attached hydrogens (tertiary/aromatic N) is 1. The van der Waals surface area contributed by atoms with Crippen molar-refractivity contribution < 1.29 is 5.11 Å². The molecule has 2 fully saturated rings. The molecule has 100 valence electrons. The van der Waals surface area contributed by atoms with Crippen molar-refractivity contribution in [2.75, 3.05) is 26.2 Å². The Kier molecular flexibility index (Phi) is 5.26. The van der Waals surface area contributed by atoms with Gasteiger partial charge in [-0.2, -0.15) is 0 Å². The first kappa shape index (κ1) is 13.3. The number of nitrogens with one attached hydrogen (secondary N) is 1. The molecule has 2 aliphatic rings. The van der Waals surface area contributed by atoms with Crippen LogP contribution in [0.2, 0.25) is 0 Å². The number of aliphatic hydroxyl groups excluding tert-OH is 1. The molecule has 0 radical (unpaired) electrons. The van der Waals surface area contributed by atoms with Gasteiger partial charge in [0.05, 0.1) is 6.10 Å². The van der Waals surface area contributed by atoms with Crippen LogP contribution in [0.15, 0.2) is 0 Å². The zero-order valence-corrected chi connectivity index (χ0v) is 11.2. The number of rotatable bonds is 6. The first-order valence-electron chi connectivity index (χ1n) is 7.43. The predicted octanol–water partition coefficient (Wildman–Crippen LogP) is 1.61. The summed E-state index contributed by atoms with van der Waals surface area (Å²) in [6, 6.07) is 0.630. The molecule has 0 amide bonds. The highest BCUT2D eigenvalue weighted by atomic mass is 16.3. The molecule has 1 saturated carbocycles. The van der Waals surface area contributed by atoms with Crippen LogP contribution in [0, 0.1) is 5.92 Å². The maximum Gasteiger partial charge on any atom is 0.0692 e. The van der Waals surface area contributed by atoms with Gasteiger partial charge >= 0.3 is 0 Å². The summed E-state index contributed by atoms with van der Waals surface area (Å²) in [6.07, 6.45) is 7.46. The molecule has 2 rings (SSSR count). The lowest BCUT2D eigenvalue weighted by Crippen LogP contribution is -2.37. The number of aliphatic hydroxyl groups is 1. The lowest BCUT2D eigenvalue weighted by Gasteiger charge is -2.20. The molecule has 1 heterocycles. The van der Waals surface area contributed by atoms with E-state index in [-0.39, 0.29) is 6.10 Å². The molecular weight excluding hydrogens is 212 g/mol. The molecular formula is C14H28N2O. The minimum atomic E-state index is -0.0926. The van der Waals surface area contributed by atoms with Crippen LogP contribution in [0.1, 0.15) is 45.4 Å². The van der Waals surface area contributed by atoms with Gasteiger partial charge < -0.3 is 15.3 Å². The van der Waals surface area contributed by atoms with Crippen molar-refractivity contribution in [2.45, 2.75) is 57.6 Å². The van der Waals surface area contributed by atoms with Gasteiger partial charge in [0.15, 0.2) is 0 Å². The summed E-state index contributed by atoms with van der Waals surface area (Å²) in [5.74, 6) is 0.602. The highest BCUT2D eigenvalue weighted by Gasteiger charge is 2.29. The summed E-state index contributed by atoms with van der Waals surface area (Å²) in [5.41, 5.74) is 0. The summed E-state index contributed by atoms with van der Waals surface area (Å²) < 4.78 is 0. The molecule has 1 aliphatic carbocycles. The van der Waals surface area contributed by atoms with Crippen molar-refractivity contribution >= 4 is 0 Å². The lowest BCUT2D eigenvalue weighted by atomic mass is 10.1. The van der Waals surface area contributed by atoms with Crippen molar-refractivity contribution in [3.63, 3.8) is 0 Å². The number of hydrogen-bond acceptors (Lipinski definition) is 3. The molecule has 1 saturated heterocycles. The minimum absolute atomic E-state index is 0.0926. The van der Waals surface area contributed by atoms with Crippen LogP contribution in [-0.2, 0) is 0 Å². The van der Waals surface area contributed by atoms with Crippen LogP contribution in [0.5, 0.6) is 0 Å². The zero-order chi connectivity index (χ0) is 12.1. The summed E-state index contributed by atoms with van der Waals surface area (Å²) in [6.45, 7) is 6.80. The smallest absolute Gasteiger partial charge is 0.0692 e. The molecule has 0 aromatic heterocycles. The minimum Gasteiger partial charge on any atom is -0.392 e. The van der Waals surface area contributed by atoms with Crippen LogP contribution in [0.25, 0.3) is 0 Å². The van der Waals surface area contributed by atoms with Gasteiger partial charge in [-0.05, 0) is 64.1 Å². The van der Waals surface area contributed by atoms with E-state index in [1.54, 1.807) is 0 Å². The maximum atomic E-state index is 9.85. The second-order valence-electron chi connectivity index (χ2n) is 5.78. The van der Waals surface area contributed by atoms with Gasteiger partial charge in [-0.1, -0.05) is 6.92 Å². The van der Waals surface area contributed by atoms with Gasteiger partial charge in [0, 0.05) is 12.6 Å². The third-order valence-corrected chi connectivity index (χ3v) is 4.14. The van der Waals surface area contributed by atoms with Gasteiger partial charge in [-0.15, -0.1) is 0 Å². The van der Waals surface area contributed by atoms with Crippen molar-refractivity contribution in [3.05, 3.63) is 0 Å². The van der Waals surface area contributed by atoms with E-state index in [2.05, 4.69) is 17.1 Å². The second-order valence-corrected chi connectivity index (χ2v) is 5.78. The molecule has 3 heteroatoms. The van der Waals surface area contributed by atoms with Crippen LogP contribution < -0.4 is 5.32 Å². The first-order chi connectivity index (χ1) is 8.29. The molecule has 0 spiro atoms. The topological polar surface area (TPSA) is 35.5 Å². The maximum absolute atomic E-state index is 9.85. The lowest BCUT2D eigenvalue weighted by molar-refractivity contribution is 0.143. The second kappa shape index (κ2) is 6.72. The Morgan fingerprint density at radius 3 is 2.76 bits per heavy atom. The van der Waals surface area contributed by atoms with E-state index in [0.29, 0.717) is 12.0 Å². The molecule has 1 aliphatic heterocycles. The molecule has 3 nitrogen and oxygen atoms in total. The molecule has 2 atom stereocenters. The average molecular weight is 240 g/mol. The van der Waals surface area contributed by atoms with E-state index < -0.39 is 0 Å². The average Bonchev–Trinajstić information content (AvgIpc) is 3.14. The van der Waals surface area contributed by atoms with Gasteiger partial charge in [-0.25, -0.2) is 0 Å². The SMILES string of the molecule is CCCN1CCCC(NCC(O)C2CC2)CC1. The summed E-state index contributed by atoms with van der Waals surface area (Å²) >= 11 is 0. The Morgan fingerprint density at radius 2 is 2.06 bits per heavy atom. The highest BCUT2D eigenvalue weighted by molar-refractivity contribution is 4.84. The molecule has 2 unspecified atom stereocenters. The highest BCUT2D eigenvalue weighted by Crippen LogP contribution is 2.32. The van der Waals surface area contributed by atoms with Crippen molar-refractivity contribution in [2.24, 2.45) is 5.92 Å². The molecule has 17 heavy (non-hydrogen) atoms. The van der Waals surface area contributed by atoms with Crippen molar-refractivity contribution in [1.82, 2.24) is 10.2 Å². The van der Waals surface area contributed by atoms with Crippen LogP contribution in [-0.4, -0.2) is 48.3 Å². The quantitative estimate of drug-likeness (QED) is 0.740. The van der Waals surface area contributed by atoms with E-state index >= 15 is 0 Å². The molecule has 0 aromatic rings. The van der Waals surface area contributed by atoms with Crippen molar-refractivity contribution in [3.8, 4) is 0 Å². The summed E-state index contributed by atoms with van der Waals surface area (Å²) in [4.78, 5) is 2.58. The Hall–Kier alpha value is -0.120. The zero-order valence-electron chi connectivity index (χ0n) is 11.2. The van der Waals surface area contributed by atoms with E-state index in [1.807, 2.05) is 0 Å². The van der Waals surface area contributed by atoms with Crippen molar-refractivity contribution in [1.29, 1.82) is 0 Å². The van der Waals surface area contributed by atoms with Crippen LogP contribution in [0.3, 0.4) is 0 Å². The van der Waals surface area contributed by atoms with Gasteiger partial charge in [-0.3, -0.25) is 0 Å². The monoisotopic (exact) mass is 240 g/mol. The van der Waals surface area contributed by atoms with Gasteiger partial charge in [0.1, 0.15) is 0 Å². The fourth-order valence-electron chi connectivity index (χ4n) is 2.83. The van der Waals surface area contributed by atoms with Crippen LogP contribution in [0.4, 0.5) is 0 Å². The number of likely N-dealkylation sites (tertiary alicyclic amines) is 1. The summed E-state index contributed by atoms with van der Waals surface area (Å²) in [5, 5.41) is 13.4. The normalized spacial score (nSPS) is 28.9. The standard InChI is InChI=1S/C14H28N2O/c1-2-8-16-9-3-4-13(7-10-16)15-11-14(17)12-5-6-12/h12-15,17H,2-11H2,1H3. The fraction of sp³-hybridized carbons (Fsp3) is 1.00. The molecule has 2 N–H and O–H groups in total. The Labute approximate surface area is 106 Å². The Morgan fingerprint density at radius 1 is 1.24 bits per heavy atom. The predicted molar refractivity (Wildman–Crippen MR) is 71.1 cm³/mol. The molecule has 0 aromatic carbocycles.